The van der Waals surface area contributed by atoms with Gasteiger partial charge in [0.1, 0.15) is 0 Å². The van der Waals surface area contributed by atoms with Gasteiger partial charge in [0, 0.05) is 19.6 Å². The van der Waals surface area contributed by atoms with Gasteiger partial charge in [-0.1, -0.05) is 25.3 Å². The zero-order chi connectivity index (χ0) is 13.8. The van der Waals surface area contributed by atoms with Crippen molar-refractivity contribution in [1.29, 1.82) is 0 Å². The maximum absolute atomic E-state index is 11.6. The summed E-state index contributed by atoms with van der Waals surface area (Å²) in [5, 5.41) is 0. The summed E-state index contributed by atoms with van der Waals surface area (Å²) < 4.78 is 10.6. The SMILES string of the molecule is C=CCCCCCCCC(=O)OCC1CCOCC1. The minimum Gasteiger partial charge on any atom is -0.465 e. The lowest BCUT2D eigenvalue weighted by atomic mass is 10.0. The standard InChI is InChI=1S/C16H28O3/c1-2-3-4-5-6-7-8-9-16(17)19-14-15-10-12-18-13-11-15/h2,15H,1,3-14H2. The second kappa shape index (κ2) is 11.0. The molecule has 110 valence electrons. The zero-order valence-corrected chi connectivity index (χ0v) is 12.1. The van der Waals surface area contributed by atoms with Crippen LogP contribution in [-0.2, 0) is 14.3 Å². The number of ether oxygens (including phenoxy) is 2. The molecule has 0 aliphatic carbocycles. The van der Waals surface area contributed by atoms with Gasteiger partial charge < -0.3 is 9.47 Å². The molecular weight excluding hydrogens is 240 g/mol. The van der Waals surface area contributed by atoms with Crippen LogP contribution in [0.1, 0.15) is 57.8 Å². The number of carbonyl (C=O) groups is 1. The molecule has 0 atom stereocenters. The maximum Gasteiger partial charge on any atom is 0.305 e. The van der Waals surface area contributed by atoms with E-state index in [1.165, 1.54) is 19.3 Å². The molecule has 0 aromatic carbocycles. The van der Waals surface area contributed by atoms with Crippen LogP contribution >= 0.6 is 0 Å². The van der Waals surface area contributed by atoms with Crippen molar-refractivity contribution in [2.75, 3.05) is 19.8 Å². The average Bonchev–Trinajstić information content (AvgIpc) is 2.45. The zero-order valence-electron chi connectivity index (χ0n) is 12.1. The van der Waals surface area contributed by atoms with E-state index in [1.54, 1.807) is 0 Å². The van der Waals surface area contributed by atoms with E-state index in [9.17, 15) is 4.79 Å². The Morgan fingerprint density at radius 3 is 2.58 bits per heavy atom. The first kappa shape index (κ1) is 16.2. The molecule has 1 heterocycles. The molecule has 19 heavy (non-hydrogen) atoms. The first-order valence-corrected chi connectivity index (χ1v) is 7.67. The number of esters is 1. The predicted molar refractivity (Wildman–Crippen MR) is 77.0 cm³/mol. The number of hydrogen-bond acceptors (Lipinski definition) is 3. The summed E-state index contributed by atoms with van der Waals surface area (Å²) in [6.45, 7) is 5.92. The molecule has 0 bridgehead atoms. The Morgan fingerprint density at radius 2 is 1.84 bits per heavy atom. The largest absolute Gasteiger partial charge is 0.465 e. The van der Waals surface area contributed by atoms with Crippen molar-refractivity contribution in [2.24, 2.45) is 5.92 Å². The summed E-state index contributed by atoms with van der Waals surface area (Å²) in [5.74, 6) is 0.481. The molecule has 3 heteroatoms. The first-order valence-electron chi connectivity index (χ1n) is 7.67. The van der Waals surface area contributed by atoms with Crippen LogP contribution in [0.15, 0.2) is 12.7 Å². The average molecular weight is 268 g/mol. The second-order valence-corrected chi connectivity index (χ2v) is 5.33. The first-order chi connectivity index (χ1) is 9.33. The summed E-state index contributed by atoms with van der Waals surface area (Å²) in [6, 6.07) is 0. The topological polar surface area (TPSA) is 35.5 Å². The lowest BCUT2D eigenvalue weighted by Gasteiger charge is -2.21. The number of carbonyl (C=O) groups excluding carboxylic acids is 1. The van der Waals surface area contributed by atoms with Gasteiger partial charge in [-0.15, -0.1) is 6.58 Å². The van der Waals surface area contributed by atoms with Gasteiger partial charge in [-0.25, -0.2) is 0 Å². The number of rotatable bonds is 10. The monoisotopic (exact) mass is 268 g/mol. The third kappa shape index (κ3) is 8.82. The van der Waals surface area contributed by atoms with Crippen molar-refractivity contribution in [3.63, 3.8) is 0 Å². The minimum atomic E-state index is -0.0300. The highest BCUT2D eigenvalue weighted by Crippen LogP contribution is 2.15. The van der Waals surface area contributed by atoms with Gasteiger partial charge in [-0.3, -0.25) is 4.79 Å². The van der Waals surface area contributed by atoms with Gasteiger partial charge in [0.15, 0.2) is 0 Å². The highest BCUT2D eigenvalue weighted by atomic mass is 16.5. The molecule has 3 nitrogen and oxygen atoms in total. The molecule has 0 N–H and O–H groups in total. The van der Waals surface area contributed by atoms with Gasteiger partial charge in [0.05, 0.1) is 6.61 Å². The van der Waals surface area contributed by atoms with E-state index in [2.05, 4.69) is 6.58 Å². The fourth-order valence-corrected chi connectivity index (χ4v) is 2.28. The normalized spacial score (nSPS) is 16.2. The van der Waals surface area contributed by atoms with E-state index in [4.69, 9.17) is 9.47 Å². The summed E-state index contributed by atoms with van der Waals surface area (Å²) >= 11 is 0. The number of hydrogen-bond donors (Lipinski definition) is 0. The van der Waals surface area contributed by atoms with Crippen LogP contribution in [0.4, 0.5) is 0 Å². The van der Waals surface area contributed by atoms with Crippen LogP contribution in [0.5, 0.6) is 0 Å². The van der Waals surface area contributed by atoms with E-state index in [-0.39, 0.29) is 5.97 Å². The van der Waals surface area contributed by atoms with Crippen molar-refractivity contribution >= 4 is 5.97 Å². The Kier molecular flexibility index (Phi) is 9.42. The van der Waals surface area contributed by atoms with Crippen molar-refractivity contribution in [1.82, 2.24) is 0 Å². The minimum absolute atomic E-state index is 0.0300. The van der Waals surface area contributed by atoms with Crippen LogP contribution in [0.25, 0.3) is 0 Å². The highest BCUT2D eigenvalue weighted by molar-refractivity contribution is 5.69. The van der Waals surface area contributed by atoms with E-state index in [0.717, 1.165) is 45.3 Å². The maximum atomic E-state index is 11.6. The van der Waals surface area contributed by atoms with Crippen molar-refractivity contribution in [3.05, 3.63) is 12.7 Å². The molecule has 0 unspecified atom stereocenters. The molecule has 1 fully saturated rings. The van der Waals surface area contributed by atoms with Crippen molar-refractivity contribution in [2.45, 2.75) is 57.8 Å². The second-order valence-electron chi connectivity index (χ2n) is 5.33. The quantitative estimate of drug-likeness (QED) is 0.343. The summed E-state index contributed by atoms with van der Waals surface area (Å²) in [7, 11) is 0. The molecule has 1 aliphatic rings. The Labute approximate surface area is 117 Å². The van der Waals surface area contributed by atoms with E-state index >= 15 is 0 Å². The summed E-state index contributed by atoms with van der Waals surface area (Å²) in [4.78, 5) is 11.6. The fourth-order valence-electron chi connectivity index (χ4n) is 2.28. The third-order valence-electron chi connectivity index (χ3n) is 3.61. The Hall–Kier alpha value is -0.830. The molecule has 0 aromatic heterocycles. The molecule has 1 aliphatic heterocycles. The lowest BCUT2D eigenvalue weighted by Crippen LogP contribution is -2.21. The van der Waals surface area contributed by atoms with Crippen LogP contribution in [0.2, 0.25) is 0 Å². The van der Waals surface area contributed by atoms with Crippen molar-refractivity contribution in [3.8, 4) is 0 Å². The summed E-state index contributed by atoms with van der Waals surface area (Å²) in [5.41, 5.74) is 0. The highest BCUT2D eigenvalue weighted by Gasteiger charge is 2.15. The predicted octanol–water partition coefficient (Wildman–Crippen LogP) is 3.87. The number of allylic oxidation sites excluding steroid dienone is 1. The molecule has 0 amide bonds. The van der Waals surface area contributed by atoms with Crippen molar-refractivity contribution < 1.29 is 14.3 Å². The van der Waals surface area contributed by atoms with E-state index < -0.39 is 0 Å². The smallest absolute Gasteiger partial charge is 0.305 e. The summed E-state index contributed by atoms with van der Waals surface area (Å²) in [6.07, 6.45) is 11.4. The fraction of sp³-hybridized carbons (Fsp3) is 0.812. The Morgan fingerprint density at radius 1 is 1.16 bits per heavy atom. The van der Waals surface area contributed by atoms with Crippen LogP contribution in [-0.4, -0.2) is 25.8 Å². The van der Waals surface area contributed by atoms with Gasteiger partial charge in [0.25, 0.3) is 0 Å². The van der Waals surface area contributed by atoms with Gasteiger partial charge in [-0.05, 0) is 38.0 Å². The van der Waals surface area contributed by atoms with Gasteiger partial charge in [0.2, 0.25) is 0 Å². The molecule has 0 radical (unpaired) electrons. The Balaban J connectivity index is 1.88. The Bertz CT molecular complexity index is 244. The lowest BCUT2D eigenvalue weighted by molar-refractivity contribution is -0.146. The van der Waals surface area contributed by atoms with Crippen LogP contribution < -0.4 is 0 Å². The molecule has 0 spiro atoms. The molecule has 0 saturated carbocycles. The number of unbranched alkanes of at least 4 members (excludes halogenated alkanes) is 5. The molecule has 1 rings (SSSR count). The van der Waals surface area contributed by atoms with Crippen LogP contribution in [0.3, 0.4) is 0 Å². The van der Waals surface area contributed by atoms with Gasteiger partial charge >= 0.3 is 5.97 Å². The molecule has 0 aromatic rings. The molecule has 1 saturated heterocycles. The van der Waals surface area contributed by atoms with E-state index in [1.807, 2.05) is 6.08 Å². The van der Waals surface area contributed by atoms with E-state index in [0.29, 0.717) is 18.9 Å². The van der Waals surface area contributed by atoms with Crippen LogP contribution in [0, 0.1) is 5.92 Å². The third-order valence-corrected chi connectivity index (χ3v) is 3.61. The van der Waals surface area contributed by atoms with Gasteiger partial charge in [-0.2, -0.15) is 0 Å². The molecular formula is C16H28O3.